The number of carbonyl (C=O) groups is 3. The number of thiol groups is 2. The highest BCUT2D eigenvalue weighted by Gasteiger charge is 2.38. The second kappa shape index (κ2) is 21.1. The summed E-state index contributed by atoms with van der Waals surface area (Å²) in [5.74, 6) is 0.230. The molecule has 0 aromatic rings. The number of halogens is 1. The lowest BCUT2D eigenvalue weighted by atomic mass is 9.70. The smallest absolute Gasteiger partial charge is 0.407 e. The summed E-state index contributed by atoms with van der Waals surface area (Å²) >= 11 is 8.38. The number of aliphatic carboxylic acids is 2. The maximum Gasteiger partial charge on any atom is 0.407 e. The molecule has 2 rings (SSSR count). The van der Waals surface area contributed by atoms with Gasteiger partial charge in [-0.25, -0.2) is 4.79 Å². The van der Waals surface area contributed by atoms with E-state index in [4.69, 9.17) is 15.6 Å². The fraction of sp³-hybridized carbons (Fsp3) is 0.897. The number of amides is 1. The molecule has 1 amide bonds. The first-order valence-corrected chi connectivity index (χ1v) is 16.3. The van der Waals surface area contributed by atoms with Crippen LogP contribution >= 0.6 is 42.2 Å². The van der Waals surface area contributed by atoms with Crippen molar-refractivity contribution in [2.45, 2.75) is 116 Å². The Bertz CT molecular complexity index is 787. The lowest BCUT2D eigenvalue weighted by Gasteiger charge is -2.39. The molecular weight excluding hydrogens is 644 g/mol. The van der Waals surface area contributed by atoms with Crippen LogP contribution in [-0.4, -0.2) is 83.6 Å². The Morgan fingerprint density at radius 2 is 1.24 bits per heavy atom. The molecule has 10 nitrogen and oxygen atoms in total. The van der Waals surface area contributed by atoms with Crippen LogP contribution in [0.15, 0.2) is 0 Å². The van der Waals surface area contributed by atoms with Gasteiger partial charge in [0.2, 0.25) is 0 Å². The summed E-state index contributed by atoms with van der Waals surface area (Å²) in [6.45, 7) is 8.20. The number of hydrogen-bond acceptors (Lipinski definition) is 9. The van der Waals surface area contributed by atoms with Crippen LogP contribution in [0.5, 0.6) is 0 Å². The zero-order valence-corrected chi connectivity index (χ0v) is 29.3. The van der Waals surface area contributed by atoms with Gasteiger partial charge < -0.3 is 36.6 Å². The first-order chi connectivity index (χ1) is 19.3. The van der Waals surface area contributed by atoms with Gasteiger partial charge in [0.15, 0.2) is 0 Å². The summed E-state index contributed by atoms with van der Waals surface area (Å²) in [7, 11) is 0. The van der Waals surface area contributed by atoms with E-state index in [0.29, 0.717) is 25.2 Å². The van der Waals surface area contributed by atoms with Gasteiger partial charge in [-0.05, 0) is 127 Å². The van der Waals surface area contributed by atoms with Crippen molar-refractivity contribution in [1.82, 2.24) is 16.0 Å². The molecule has 0 atom stereocenters. The number of alkyl carbamates (subject to hydrolysis) is 1. The van der Waals surface area contributed by atoms with Gasteiger partial charge in [-0.3, -0.25) is 9.59 Å². The van der Waals surface area contributed by atoms with Gasteiger partial charge >= 0.3 is 18.0 Å². The zero-order chi connectivity index (χ0) is 30.9. The maximum absolute atomic E-state index is 11.9. The van der Waals surface area contributed by atoms with E-state index in [1.54, 1.807) is 20.8 Å². The van der Waals surface area contributed by atoms with Crippen molar-refractivity contribution in [3.8, 4) is 0 Å². The van der Waals surface area contributed by atoms with E-state index in [0.717, 1.165) is 88.8 Å². The summed E-state index contributed by atoms with van der Waals surface area (Å²) in [6.07, 6.45) is 9.26. The predicted molar refractivity (Wildman–Crippen MR) is 180 cm³/mol. The quantitative estimate of drug-likeness (QED) is 0.0897. The molecule has 0 bridgehead atoms. The van der Waals surface area contributed by atoms with Crippen molar-refractivity contribution in [2.24, 2.45) is 16.6 Å². The number of carboxylic acids is 2. The number of nitrogens with one attached hydrogen (secondary N) is 3. The third-order valence-corrected chi connectivity index (χ3v) is 8.75. The number of hydrogen-bond donors (Lipinski definition) is 8. The van der Waals surface area contributed by atoms with Crippen LogP contribution in [0.1, 0.15) is 97.8 Å². The number of rotatable bonds is 15. The molecule has 0 aromatic heterocycles. The molecule has 248 valence electrons. The van der Waals surface area contributed by atoms with E-state index in [-0.39, 0.29) is 40.7 Å². The summed E-state index contributed by atoms with van der Waals surface area (Å²) < 4.78 is 5.25. The van der Waals surface area contributed by atoms with E-state index in [1.165, 1.54) is 0 Å². The summed E-state index contributed by atoms with van der Waals surface area (Å²) in [6, 6.07) is 0.955. The van der Waals surface area contributed by atoms with Crippen molar-refractivity contribution in [1.29, 1.82) is 0 Å². The Kier molecular flexibility index (Phi) is 20.7. The summed E-state index contributed by atoms with van der Waals surface area (Å²) in [5.41, 5.74) is 4.66. The van der Waals surface area contributed by atoms with Crippen LogP contribution in [0, 0.1) is 10.8 Å². The lowest BCUT2D eigenvalue weighted by molar-refractivity contribution is -0.141. The third-order valence-electron chi connectivity index (χ3n) is 8.12. The topological polar surface area (TPSA) is 163 Å². The van der Waals surface area contributed by atoms with Crippen LogP contribution < -0.4 is 21.7 Å². The van der Waals surface area contributed by atoms with E-state index < -0.39 is 23.6 Å². The SMILES string of the molecule is Br.CC(C)(C)OC(=O)NCC1(CC(=O)O)CCC(NCCCS)CC1.NCC1(CC(=O)O)CCC(NCCCS)CC1. The summed E-state index contributed by atoms with van der Waals surface area (Å²) in [4.78, 5) is 34.0. The van der Waals surface area contributed by atoms with Gasteiger partial charge in [-0.2, -0.15) is 25.3 Å². The molecule has 2 aliphatic carbocycles. The number of ether oxygens (including phenoxy) is 1. The van der Waals surface area contributed by atoms with E-state index in [9.17, 15) is 19.5 Å². The fourth-order valence-electron chi connectivity index (χ4n) is 5.72. The van der Waals surface area contributed by atoms with Crippen molar-refractivity contribution < 1.29 is 29.3 Å². The van der Waals surface area contributed by atoms with Crippen LogP contribution in [0.4, 0.5) is 4.79 Å². The molecule has 0 radical (unpaired) electrons. The molecule has 2 aliphatic rings. The minimum Gasteiger partial charge on any atom is -0.481 e. The molecule has 0 spiro atoms. The molecule has 2 fully saturated rings. The van der Waals surface area contributed by atoms with Gasteiger partial charge in [0.1, 0.15) is 5.60 Å². The second-order valence-electron chi connectivity index (χ2n) is 12.8. The van der Waals surface area contributed by atoms with Crippen LogP contribution in [-0.2, 0) is 14.3 Å². The largest absolute Gasteiger partial charge is 0.481 e. The Labute approximate surface area is 274 Å². The average molecular weight is 702 g/mol. The summed E-state index contributed by atoms with van der Waals surface area (Å²) in [5, 5.41) is 27.9. The van der Waals surface area contributed by atoms with Crippen molar-refractivity contribution in [2.75, 3.05) is 37.7 Å². The molecular formula is C29H57BrN4O6S2. The Morgan fingerprint density at radius 3 is 1.60 bits per heavy atom. The van der Waals surface area contributed by atoms with Gasteiger partial charge in [-0.15, -0.1) is 17.0 Å². The van der Waals surface area contributed by atoms with Crippen LogP contribution in [0.2, 0.25) is 0 Å². The van der Waals surface area contributed by atoms with Gasteiger partial charge in [0, 0.05) is 18.6 Å². The molecule has 0 saturated heterocycles. The van der Waals surface area contributed by atoms with E-state index in [1.807, 2.05) is 0 Å². The van der Waals surface area contributed by atoms with Gasteiger partial charge in [0.05, 0.1) is 12.8 Å². The molecule has 7 N–H and O–H groups in total. The Morgan fingerprint density at radius 1 is 0.833 bits per heavy atom. The second-order valence-corrected chi connectivity index (χ2v) is 13.7. The molecule has 0 unspecified atom stereocenters. The highest BCUT2D eigenvalue weighted by Crippen LogP contribution is 2.40. The Hall–Kier alpha value is -0.730. The fourth-order valence-corrected chi connectivity index (χ4v) is 6.04. The van der Waals surface area contributed by atoms with Gasteiger partial charge in [-0.1, -0.05) is 0 Å². The minimum atomic E-state index is -0.817. The van der Waals surface area contributed by atoms with Crippen LogP contribution in [0.3, 0.4) is 0 Å². The number of carbonyl (C=O) groups excluding carboxylic acids is 1. The number of carboxylic acid groups (broad SMARTS) is 2. The minimum absolute atomic E-state index is 0. The molecule has 13 heteroatoms. The zero-order valence-electron chi connectivity index (χ0n) is 25.8. The highest BCUT2D eigenvalue weighted by molar-refractivity contribution is 8.93. The van der Waals surface area contributed by atoms with Crippen molar-refractivity contribution >= 4 is 60.3 Å². The van der Waals surface area contributed by atoms with Gasteiger partial charge in [0.25, 0.3) is 0 Å². The van der Waals surface area contributed by atoms with E-state index >= 15 is 0 Å². The van der Waals surface area contributed by atoms with Crippen molar-refractivity contribution in [3.05, 3.63) is 0 Å². The van der Waals surface area contributed by atoms with E-state index in [2.05, 4.69) is 41.2 Å². The molecule has 42 heavy (non-hydrogen) atoms. The average Bonchev–Trinajstić information content (AvgIpc) is 2.89. The van der Waals surface area contributed by atoms with Crippen molar-refractivity contribution in [3.63, 3.8) is 0 Å². The monoisotopic (exact) mass is 700 g/mol. The highest BCUT2D eigenvalue weighted by atomic mass is 79.9. The number of nitrogens with two attached hydrogens (primary N) is 1. The molecule has 0 heterocycles. The maximum atomic E-state index is 11.9. The predicted octanol–water partition coefficient (Wildman–Crippen LogP) is 4.66. The molecule has 2 saturated carbocycles. The Balaban J connectivity index is 0.000000825. The first-order valence-electron chi connectivity index (χ1n) is 15.1. The first kappa shape index (κ1) is 41.3. The molecule has 0 aromatic carbocycles. The molecule has 0 aliphatic heterocycles. The lowest BCUT2D eigenvalue weighted by Crippen LogP contribution is -2.46. The van der Waals surface area contributed by atoms with Crippen LogP contribution in [0.25, 0.3) is 0 Å². The normalized spacial score (nSPS) is 25.8. The standard InChI is InChI=1S/C17H32N2O4S.C12H24N2O2S.BrH/c1-16(2,3)23-15(22)19-12-17(11-14(20)21)7-5-13(6-8-17)18-9-4-10-24;13-9-12(8-11(15)16)4-2-10(3-5-12)14-6-1-7-17;/h13,18,24H,4-12H2,1-3H3,(H,19,22)(H,20,21);10,14,17H,1-9,13H2,(H,15,16);1H. The third kappa shape index (κ3) is 17.5.